The summed E-state index contributed by atoms with van der Waals surface area (Å²) < 4.78 is 43.5. The molecule has 1 unspecified atom stereocenters. The molecule has 0 spiro atoms. The Kier molecular flexibility index (Phi) is 9.94. The molecule has 27 heavy (non-hydrogen) atoms. The van der Waals surface area contributed by atoms with E-state index in [9.17, 15) is 13.2 Å². The van der Waals surface area contributed by atoms with E-state index in [-0.39, 0.29) is 30.5 Å². The summed E-state index contributed by atoms with van der Waals surface area (Å²) in [6, 6.07) is 5.00. The fourth-order valence-corrected chi connectivity index (χ4v) is 2.70. The predicted molar refractivity (Wildman–Crippen MR) is 111 cm³/mol. The standard InChI is InChI=1S/C19H24F3N3O.HI/c1-3-23-18(25(2)13-16-9-11-26-14-16)24-10-5-7-15-6-4-8-17(12-15)19(20,21)22;/h4,6,8,12,16H,3,9-11,13-14H2,1-2H3,(H,23,24);1H. The monoisotopic (exact) mass is 495 g/mol. The predicted octanol–water partition coefficient (Wildman–Crippen LogP) is 3.61. The quantitative estimate of drug-likeness (QED) is 0.300. The van der Waals surface area contributed by atoms with Gasteiger partial charge in [-0.2, -0.15) is 13.2 Å². The molecule has 1 N–H and O–H groups in total. The molecule has 150 valence electrons. The molecule has 1 saturated heterocycles. The van der Waals surface area contributed by atoms with Crippen LogP contribution in [0.2, 0.25) is 0 Å². The van der Waals surface area contributed by atoms with Gasteiger partial charge in [0.1, 0.15) is 6.54 Å². The van der Waals surface area contributed by atoms with Crippen LogP contribution >= 0.6 is 24.0 Å². The highest BCUT2D eigenvalue weighted by Crippen LogP contribution is 2.29. The van der Waals surface area contributed by atoms with Crippen molar-refractivity contribution in [3.05, 3.63) is 35.4 Å². The van der Waals surface area contributed by atoms with Crippen molar-refractivity contribution in [2.75, 3.05) is 39.9 Å². The Bertz CT molecular complexity index is 677. The van der Waals surface area contributed by atoms with Gasteiger partial charge in [0.15, 0.2) is 5.96 Å². The Morgan fingerprint density at radius 3 is 2.81 bits per heavy atom. The van der Waals surface area contributed by atoms with E-state index in [1.807, 2.05) is 18.9 Å². The number of nitrogens with zero attached hydrogens (tertiary/aromatic N) is 2. The number of guanidine groups is 1. The van der Waals surface area contributed by atoms with E-state index in [4.69, 9.17) is 4.74 Å². The van der Waals surface area contributed by atoms with E-state index in [1.54, 1.807) is 6.07 Å². The van der Waals surface area contributed by atoms with Crippen LogP contribution < -0.4 is 5.32 Å². The SMILES string of the molecule is CCNC(=NCC#Cc1cccc(C(F)(F)F)c1)N(C)CC1CCOC1.I. The maximum Gasteiger partial charge on any atom is 0.416 e. The second-order valence-electron chi connectivity index (χ2n) is 6.16. The van der Waals surface area contributed by atoms with E-state index >= 15 is 0 Å². The van der Waals surface area contributed by atoms with Crippen LogP contribution in [0.15, 0.2) is 29.3 Å². The van der Waals surface area contributed by atoms with Crippen molar-refractivity contribution in [3.8, 4) is 11.8 Å². The fourth-order valence-electron chi connectivity index (χ4n) is 2.70. The molecule has 0 aromatic heterocycles. The van der Waals surface area contributed by atoms with Crippen molar-refractivity contribution in [1.29, 1.82) is 0 Å². The molecule has 1 heterocycles. The number of hydrogen-bond donors (Lipinski definition) is 1. The van der Waals surface area contributed by atoms with E-state index in [1.165, 1.54) is 6.07 Å². The van der Waals surface area contributed by atoms with Gasteiger partial charge in [0.05, 0.1) is 12.2 Å². The molecule has 1 aromatic rings. The lowest BCUT2D eigenvalue weighted by molar-refractivity contribution is -0.137. The zero-order valence-electron chi connectivity index (χ0n) is 15.5. The molecule has 1 aromatic carbocycles. The van der Waals surface area contributed by atoms with Crippen LogP contribution in [0.3, 0.4) is 0 Å². The summed E-state index contributed by atoms with van der Waals surface area (Å²) in [5.41, 5.74) is -0.365. The Balaban J connectivity index is 0.00000364. The minimum absolute atomic E-state index is 0. The van der Waals surface area contributed by atoms with Crippen LogP contribution in [0.25, 0.3) is 0 Å². The van der Waals surface area contributed by atoms with Crippen LogP contribution in [0, 0.1) is 17.8 Å². The van der Waals surface area contributed by atoms with Crippen LogP contribution in [-0.4, -0.2) is 50.8 Å². The minimum Gasteiger partial charge on any atom is -0.381 e. The highest BCUT2D eigenvalue weighted by Gasteiger charge is 2.30. The van der Waals surface area contributed by atoms with Crippen LogP contribution in [0.4, 0.5) is 13.2 Å². The second-order valence-corrected chi connectivity index (χ2v) is 6.16. The summed E-state index contributed by atoms with van der Waals surface area (Å²) in [6.07, 6.45) is -3.32. The molecule has 2 rings (SSSR count). The van der Waals surface area contributed by atoms with Gasteiger partial charge >= 0.3 is 6.18 Å². The molecule has 0 saturated carbocycles. The third-order valence-corrected chi connectivity index (χ3v) is 3.98. The van der Waals surface area contributed by atoms with Crippen molar-refractivity contribution in [2.24, 2.45) is 10.9 Å². The first kappa shape index (κ1) is 23.6. The maximum absolute atomic E-state index is 12.7. The minimum atomic E-state index is -4.36. The number of nitrogens with one attached hydrogen (secondary N) is 1. The van der Waals surface area contributed by atoms with E-state index in [0.717, 1.165) is 50.8 Å². The molecule has 0 radical (unpaired) electrons. The molecule has 1 fully saturated rings. The number of rotatable bonds is 4. The van der Waals surface area contributed by atoms with Gasteiger partial charge in [-0.05, 0) is 31.5 Å². The molecular weight excluding hydrogens is 470 g/mol. The third-order valence-electron chi connectivity index (χ3n) is 3.98. The molecular formula is C19H25F3IN3O. The average molecular weight is 495 g/mol. The van der Waals surface area contributed by atoms with Crippen molar-refractivity contribution in [1.82, 2.24) is 10.2 Å². The zero-order valence-corrected chi connectivity index (χ0v) is 17.8. The summed E-state index contributed by atoms with van der Waals surface area (Å²) in [4.78, 5) is 6.47. The topological polar surface area (TPSA) is 36.9 Å². The van der Waals surface area contributed by atoms with Crippen molar-refractivity contribution < 1.29 is 17.9 Å². The molecule has 1 aliphatic rings. The van der Waals surface area contributed by atoms with Gasteiger partial charge in [0.25, 0.3) is 0 Å². The summed E-state index contributed by atoms with van der Waals surface area (Å²) in [7, 11) is 1.96. The molecule has 1 aliphatic heterocycles. The molecule has 0 aliphatic carbocycles. The van der Waals surface area contributed by atoms with Crippen LogP contribution in [0.5, 0.6) is 0 Å². The summed E-state index contributed by atoms with van der Waals surface area (Å²) in [5, 5.41) is 3.20. The first-order chi connectivity index (χ1) is 12.4. The van der Waals surface area contributed by atoms with Gasteiger partial charge in [-0.15, -0.1) is 24.0 Å². The zero-order chi connectivity index (χ0) is 19.0. The van der Waals surface area contributed by atoms with Gasteiger partial charge in [0, 0.05) is 38.2 Å². The van der Waals surface area contributed by atoms with E-state index in [0.29, 0.717) is 11.5 Å². The number of benzene rings is 1. The van der Waals surface area contributed by atoms with E-state index < -0.39 is 11.7 Å². The molecule has 4 nitrogen and oxygen atoms in total. The Labute approximate surface area is 175 Å². The Morgan fingerprint density at radius 2 is 2.19 bits per heavy atom. The number of ether oxygens (including phenoxy) is 1. The highest BCUT2D eigenvalue weighted by molar-refractivity contribution is 14.0. The first-order valence-corrected chi connectivity index (χ1v) is 8.63. The molecule has 1 atom stereocenters. The molecule has 8 heteroatoms. The largest absolute Gasteiger partial charge is 0.416 e. The van der Waals surface area contributed by atoms with Crippen LogP contribution in [0.1, 0.15) is 24.5 Å². The highest BCUT2D eigenvalue weighted by atomic mass is 127. The second kappa shape index (κ2) is 11.4. The van der Waals surface area contributed by atoms with Gasteiger partial charge in [-0.1, -0.05) is 17.9 Å². The summed E-state index contributed by atoms with van der Waals surface area (Å²) >= 11 is 0. The molecule has 0 amide bonds. The Hall–Kier alpha value is -1.47. The van der Waals surface area contributed by atoms with E-state index in [2.05, 4.69) is 22.2 Å². The lowest BCUT2D eigenvalue weighted by atomic mass is 10.1. The Morgan fingerprint density at radius 1 is 1.41 bits per heavy atom. The summed E-state index contributed by atoms with van der Waals surface area (Å²) in [5.74, 6) is 6.78. The molecule has 0 bridgehead atoms. The lowest BCUT2D eigenvalue weighted by Gasteiger charge is -2.24. The number of aliphatic imine (C=N–C) groups is 1. The number of alkyl halides is 3. The average Bonchev–Trinajstić information content (AvgIpc) is 3.10. The number of hydrogen-bond acceptors (Lipinski definition) is 2. The fraction of sp³-hybridized carbons (Fsp3) is 0.526. The van der Waals surface area contributed by atoms with Crippen LogP contribution in [-0.2, 0) is 10.9 Å². The smallest absolute Gasteiger partial charge is 0.381 e. The maximum atomic E-state index is 12.7. The van der Waals surface area contributed by atoms with Gasteiger partial charge in [-0.3, -0.25) is 0 Å². The first-order valence-electron chi connectivity index (χ1n) is 8.63. The normalized spacial score (nSPS) is 16.9. The lowest BCUT2D eigenvalue weighted by Crippen LogP contribution is -2.41. The van der Waals surface area contributed by atoms with Crippen molar-refractivity contribution >= 4 is 29.9 Å². The third kappa shape index (κ3) is 7.97. The van der Waals surface area contributed by atoms with Crippen molar-refractivity contribution in [3.63, 3.8) is 0 Å². The summed E-state index contributed by atoms with van der Waals surface area (Å²) in [6.45, 7) is 5.33. The number of halogens is 4. The van der Waals surface area contributed by atoms with Gasteiger partial charge < -0.3 is 15.0 Å². The van der Waals surface area contributed by atoms with Gasteiger partial charge in [0.2, 0.25) is 0 Å². The van der Waals surface area contributed by atoms with Gasteiger partial charge in [-0.25, -0.2) is 4.99 Å². The van der Waals surface area contributed by atoms with Crippen molar-refractivity contribution in [2.45, 2.75) is 19.5 Å².